The van der Waals surface area contributed by atoms with Crippen molar-refractivity contribution in [1.82, 2.24) is 10.3 Å². The van der Waals surface area contributed by atoms with Gasteiger partial charge in [-0.05, 0) is 11.6 Å². The summed E-state index contributed by atoms with van der Waals surface area (Å²) in [5.74, 6) is -0.823. The van der Waals surface area contributed by atoms with Gasteiger partial charge in [0.2, 0.25) is 0 Å². The number of esters is 2. The van der Waals surface area contributed by atoms with Gasteiger partial charge in [-0.1, -0.05) is 18.2 Å². The van der Waals surface area contributed by atoms with Crippen LogP contribution in [-0.2, 0) is 25.5 Å². The minimum Gasteiger partial charge on any atom is -0.468 e. The maximum absolute atomic E-state index is 12.0. The van der Waals surface area contributed by atoms with E-state index in [1.807, 2.05) is 24.3 Å². The number of carbonyl (C=O) groups is 2. The highest BCUT2D eigenvalue weighted by Gasteiger charge is 2.37. The quantitative estimate of drug-likeness (QED) is 0.808. The van der Waals surface area contributed by atoms with E-state index in [2.05, 4.69) is 10.3 Å². The van der Waals surface area contributed by atoms with Gasteiger partial charge >= 0.3 is 11.9 Å². The van der Waals surface area contributed by atoms with Crippen molar-refractivity contribution in [2.45, 2.75) is 18.5 Å². The molecular weight excluding hydrogens is 272 g/mol. The molecule has 3 rings (SSSR count). The lowest BCUT2D eigenvalue weighted by Crippen LogP contribution is -2.48. The first-order chi connectivity index (χ1) is 10.2. The van der Waals surface area contributed by atoms with Crippen LogP contribution in [0.15, 0.2) is 24.3 Å². The zero-order chi connectivity index (χ0) is 15.0. The highest BCUT2D eigenvalue weighted by atomic mass is 16.5. The van der Waals surface area contributed by atoms with Gasteiger partial charge in [0, 0.05) is 23.0 Å². The van der Waals surface area contributed by atoms with Crippen LogP contribution in [0.4, 0.5) is 0 Å². The van der Waals surface area contributed by atoms with E-state index >= 15 is 0 Å². The Labute approximate surface area is 121 Å². The SMILES string of the molecule is COC(=O)C1Cc2c([nH]c3ccccc23)C(C(=O)OC)N1. The first-order valence-electron chi connectivity index (χ1n) is 6.67. The molecule has 110 valence electrons. The number of hydrogen-bond acceptors (Lipinski definition) is 5. The molecule has 0 saturated heterocycles. The van der Waals surface area contributed by atoms with Gasteiger partial charge in [0.05, 0.1) is 14.2 Å². The Hall–Kier alpha value is -2.34. The molecule has 6 nitrogen and oxygen atoms in total. The third-order valence-corrected chi connectivity index (χ3v) is 3.83. The van der Waals surface area contributed by atoms with E-state index in [0.29, 0.717) is 6.42 Å². The van der Waals surface area contributed by atoms with Crippen molar-refractivity contribution in [2.24, 2.45) is 0 Å². The highest BCUT2D eigenvalue weighted by Crippen LogP contribution is 2.32. The molecule has 0 amide bonds. The number of H-pyrrole nitrogens is 1. The predicted molar refractivity (Wildman–Crippen MR) is 75.7 cm³/mol. The van der Waals surface area contributed by atoms with Crippen LogP contribution in [0.5, 0.6) is 0 Å². The Bertz CT molecular complexity index is 707. The number of methoxy groups -OCH3 is 2. The summed E-state index contributed by atoms with van der Waals surface area (Å²) in [6, 6.07) is 6.50. The lowest BCUT2D eigenvalue weighted by Gasteiger charge is -2.28. The third kappa shape index (κ3) is 2.17. The van der Waals surface area contributed by atoms with E-state index < -0.39 is 18.1 Å². The third-order valence-electron chi connectivity index (χ3n) is 3.83. The normalized spacial score (nSPS) is 20.9. The molecule has 1 aromatic carbocycles. The first kappa shape index (κ1) is 13.6. The van der Waals surface area contributed by atoms with E-state index in [-0.39, 0.29) is 5.97 Å². The van der Waals surface area contributed by atoms with E-state index in [1.165, 1.54) is 14.2 Å². The molecular formula is C15H16N2O4. The van der Waals surface area contributed by atoms with E-state index in [1.54, 1.807) is 0 Å². The van der Waals surface area contributed by atoms with Gasteiger partial charge in [-0.3, -0.25) is 10.1 Å². The topological polar surface area (TPSA) is 80.4 Å². The molecule has 2 atom stereocenters. The summed E-state index contributed by atoms with van der Waals surface area (Å²) in [6.07, 6.45) is 0.472. The number of benzene rings is 1. The predicted octanol–water partition coefficient (Wildman–Crippen LogP) is 1.07. The van der Waals surface area contributed by atoms with Crippen molar-refractivity contribution in [3.05, 3.63) is 35.5 Å². The van der Waals surface area contributed by atoms with Gasteiger partial charge in [0.1, 0.15) is 12.1 Å². The molecule has 1 aromatic heterocycles. The average Bonchev–Trinajstić information content (AvgIpc) is 2.91. The van der Waals surface area contributed by atoms with Crippen molar-refractivity contribution in [2.75, 3.05) is 14.2 Å². The minimum atomic E-state index is -0.699. The number of hydrogen-bond donors (Lipinski definition) is 2. The van der Waals surface area contributed by atoms with Crippen molar-refractivity contribution < 1.29 is 19.1 Å². The van der Waals surface area contributed by atoms with Gasteiger partial charge in [0.25, 0.3) is 0 Å². The molecule has 21 heavy (non-hydrogen) atoms. The summed E-state index contributed by atoms with van der Waals surface area (Å²) < 4.78 is 9.62. The number of aromatic amines is 1. The molecule has 2 unspecified atom stereocenters. The van der Waals surface area contributed by atoms with E-state index in [4.69, 9.17) is 9.47 Å². The number of aromatic nitrogens is 1. The van der Waals surface area contributed by atoms with Gasteiger partial charge in [-0.2, -0.15) is 0 Å². The Morgan fingerprint density at radius 1 is 1.14 bits per heavy atom. The zero-order valence-corrected chi connectivity index (χ0v) is 11.8. The molecule has 0 saturated carbocycles. The molecule has 0 bridgehead atoms. The Morgan fingerprint density at radius 2 is 1.86 bits per heavy atom. The van der Waals surface area contributed by atoms with Crippen LogP contribution < -0.4 is 5.32 Å². The lowest BCUT2D eigenvalue weighted by molar-refractivity contribution is -0.147. The van der Waals surface area contributed by atoms with Crippen LogP contribution in [0.25, 0.3) is 10.9 Å². The van der Waals surface area contributed by atoms with Crippen molar-refractivity contribution in [3.8, 4) is 0 Å². The number of rotatable bonds is 2. The van der Waals surface area contributed by atoms with Gasteiger partial charge in [-0.15, -0.1) is 0 Å². The van der Waals surface area contributed by atoms with E-state index in [9.17, 15) is 9.59 Å². The second-order valence-corrected chi connectivity index (χ2v) is 4.97. The second-order valence-electron chi connectivity index (χ2n) is 4.97. The molecule has 0 spiro atoms. The smallest absolute Gasteiger partial charge is 0.329 e. The summed E-state index contributed by atoms with van der Waals surface area (Å²) in [5.41, 5.74) is 2.64. The Morgan fingerprint density at radius 3 is 2.57 bits per heavy atom. The van der Waals surface area contributed by atoms with E-state index in [0.717, 1.165) is 22.2 Å². The summed E-state index contributed by atoms with van der Waals surface area (Å²) >= 11 is 0. The maximum Gasteiger partial charge on any atom is 0.329 e. The van der Waals surface area contributed by atoms with Crippen LogP contribution in [0.2, 0.25) is 0 Å². The van der Waals surface area contributed by atoms with Crippen LogP contribution in [0.3, 0.4) is 0 Å². The molecule has 2 aromatic rings. The Kier molecular flexibility index (Phi) is 3.39. The highest BCUT2D eigenvalue weighted by molar-refractivity contribution is 5.90. The first-order valence-corrected chi connectivity index (χ1v) is 6.67. The maximum atomic E-state index is 12.0. The molecule has 1 aliphatic rings. The van der Waals surface area contributed by atoms with Crippen LogP contribution in [0, 0.1) is 0 Å². The molecule has 2 N–H and O–H groups in total. The lowest BCUT2D eigenvalue weighted by atomic mass is 9.94. The summed E-state index contributed by atoms with van der Waals surface area (Å²) in [7, 11) is 2.66. The number of ether oxygens (including phenoxy) is 2. The number of para-hydroxylation sites is 1. The number of nitrogens with one attached hydrogen (secondary N) is 2. The minimum absolute atomic E-state index is 0.389. The molecule has 0 radical (unpaired) electrons. The van der Waals surface area contributed by atoms with Crippen LogP contribution >= 0.6 is 0 Å². The molecule has 0 fully saturated rings. The number of fused-ring (bicyclic) bond motifs is 3. The fourth-order valence-corrected chi connectivity index (χ4v) is 2.83. The summed E-state index contributed by atoms with van der Waals surface area (Å²) in [4.78, 5) is 27.1. The van der Waals surface area contributed by atoms with Gasteiger partial charge in [-0.25, -0.2) is 4.79 Å². The Balaban J connectivity index is 2.12. The van der Waals surface area contributed by atoms with Crippen molar-refractivity contribution in [1.29, 1.82) is 0 Å². The summed E-state index contributed by atoms with van der Waals surface area (Å²) in [5, 5.41) is 4.00. The average molecular weight is 288 g/mol. The molecule has 2 heterocycles. The molecule has 0 aliphatic carbocycles. The van der Waals surface area contributed by atoms with Crippen LogP contribution in [-0.4, -0.2) is 37.2 Å². The van der Waals surface area contributed by atoms with Crippen LogP contribution in [0.1, 0.15) is 17.3 Å². The fourth-order valence-electron chi connectivity index (χ4n) is 2.83. The molecule has 1 aliphatic heterocycles. The largest absolute Gasteiger partial charge is 0.468 e. The summed E-state index contributed by atoms with van der Waals surface area (Å²) in [6.45, 7) is 0. The molecule has 6 heteroatoms. The van der Waals surface area contributed by atoms with Gasteiger partial charge < -0.3 is 14.5 Å². The zero-order valence-electron chi connectivity index (χ0n) is 11.8. The second kappa shape index (κ2) is 5.21. The standard InChI is InChI=1S/C15H16N2O4/c1-20-14(18)11-7-9-8-5-3-4-6-10(8)16-12(9)13(17-11)15(19)21-2/h3-6,11,13,16-17H,7H2,1-2H3. The fraction of sp³-hybridized carbons (Fsp3) is 0.333. The monoisotopic (exact) mass is 288 g/mol. The van der Waals surface area contributed by atoms with Gasteiger partial charge in [0.15, 0.2) is 0 Å². The number of carbonyl (C=O) groups excluding carboxylic acids is 2. The van der Waals surface area contributed by atoms with Crippen molar-refractivity contribution in [3.63, 3.8) is 0 Å². The van der Waals surface area contributed by atoms with Crippen molar-refractivity contribution >= 4 is 22.8 Å².